The third kappa shape index (κ3) is 3.61. The third-order valence-corrected chi connectivity index (χ3v) is 6.39. The quantitative estimate of drug-likeness (QED) is 0.397. The maximum absolute atomic E-state index is 14.0. The lowest BCUT2D eigenvalue weighted by molar-refractivity contribution is 0.0896. The Kier molecular flexibility index (Phi) is 5.22. The van der Waals surface area contributed by atoms with Crippen LogP contribution in [-0.2, 0) is 7.05 Å². The van der Waals surface area contributed by atoms with Crippen molar-refractivity contribution in [2.24, 2.45) is 7.05 Å². The average molecular weight is 499 g/mol. The maximum atomic E-state index is 14.0. The number of nitrogens with zero attached hydrogens (tertiary/aromatic N) is 3. The van der Waals surface area contributed by atoms with Gasteiger partial charge in [-0.3, -0.25) is 19.1 Å². The van der Waals surface area contributed by atoms with E-state index in [1.54, 1.807) is 55.1 Å². The van der Waals surface area contributed by atoms with E-state index in [2.05, 4.69) is 0 Å². The van der Waals surface area contributed by atoms with Gasteiger partial charge in [-0.1, -0.05) is 18.2 Å². The van der Waals surface area contributed by atoms with Gasteiger partial charge in [0.2, 0.25) is 13.6 Å². The number of imide groups is 1. The molecule has 0 atom stereocenters. The largest absolute Gasteiger partial charge is 0.454 e. The van der Waals surface area contributed by atoms with Crippen LogP contribution in [0.3, 0.4) is 0 Å². The number of ether oxygens (including phenoxy) is 4. The molecule has 0 unspecified atom stereocenters. The number of carbonyl (C=O) groups is 2. The van der Waals surface area contributed by atoms with E-state index in [4.69, 9.17) is 18.9 Å². The summed E-state index contributed by atoms with van der Waals surface area (Å²) in [7, 11) is 1.70. The number of para-hydroxylation sites is 1. The molecule has 0 bridgehead atoms. The highest BCUT2D eigenvalue weighted by molar-refractivity contribution is 6.26. The van der Waals surface area contributed by atoms with Gasteiger partial charge in [0, 0.05) is 18.2 Å². The molecule has 3 aromatic carbocycles. The standard InChI is InChI=1S/C27H21N3O7/c1-16-24(27(33)30(28(16)2)19-6-4-3-5-7-19)29(25(31)17-8-10-20-22(12-17)36-14-34-20)26(32)18-9-11-21-23(13-18)37-15-35-21/h3-13H,14-15H2,1-2H3. The minimum atomic E-state index is -0.688. The molecule has 0 fully saturated rings. The second-order valence-corrected chi connectivity index (χ2v) is 8.49. The van der Waals surface area contributed by atoms with E-state index in [1.165, 1.54) is 28.9 Å². The summed E-state index contributed by atoms with van der Waals surface area (Å²) >= 11 is 0. The molecule has 0 saturated heterocycles. The van der Waals surface area contributed by atoms with Crippen molar-refractivity contribution in [2.75, 3.05) is 18.5 Å². The molecule has 0 radical (unpaired) electrons. The second kappa shape index (κ2) is 8.59. The third-order valence-electron chi connectivity index (χ3n) is 6.39. The van der Waals surface area contributed by atoms with Crippen molar-refractivity contribution >= 4 is 17.5 Å². The van der Waals surface area contributed by atoms with Gasteiger partial charge in [-0.2, -0.15) is 0 Å². The number of rotatable bonds is 4. The van der Waals surface area contributed by atoms with Crippen LogP contribution in [0.5, 0.6) is 23.0 Å². The van der Waals surface area contributed by atoms with E-state index < -0.39 is 17.4 Å². The van der Waals surface area contributed by atoms with Crippen molar-refractivity contribution in [1.29, 1.82) is 0 Å². The summed E-state index contributed by atoms with van der Waals surface area (Å²) in [5.74, 6) is 0.375. The van der Waals surface area contributed by atoms with Crippen LogP contribution < -0.4 is 29.4 Å². The highest BCUT2D eigenvalue weighted by atomic mass is 16.7. The minimum absolute atomic E-state index is 0.0341. The van der Waals surface area contributed by atoms with Crippen LogP contribution in [0.15, 0.2) is 71.5 Å². The van der Waals surface area contributed by atoms with Crippen molar-refractivity contribution in [1.82, 2.24) is 9.36 Å². The van der Waals surface area contributed by atoms with Crippen molar-refractivity contribution < 1.29 is 28.5 Å². The second-order valence-electron chi connectivity index (χ2n) is 8.49. The van der Waals surface area contributed by atoms with E-state index in [-0.39, 0.29) is 30.4 Å². The molecule has 10 nitrogen and oxygen atoms in total. The number of hydrogen-bond acceptors (Lipinski definition) is 7. The SMILES string of the molecule is Cc1c(N(C(=O)c2ccc3c(c2)OCO3)C(=O)c2ccc3c(c2)OCO3)c(=O)n(-c2ccccc2)n1C. The Bertz CT molecular complexity index is 1550. The minimum Gasteiger partial charge on any atom is -0.454 e. The summed E-state index contributed by atoms with van der Waals surface area (Å²) in [6.45, 7) is 1.75. The Morgan fingerprint density at radius 1 is 0.757 bits per heavy atom. The number of benzene rings is 3. The van der Waals surface area contributed by atoms with Crippen LogP contribution in [-0.4, -0.2) is 34.8 Å². The summed E-state index contributed by atoms with van der Waals surface area (Å²) in [5, 5.41) is 0. The topological polar surface area (TPSA) is 101 Å². The van der Waals surface area contributed by atoms with Gasteiger partial charge in [-0.05, 0) is 55.5 Å². The molecular weight excluding hydrogens is 478 g/mol. The zero-order chi connectivity index (χ0) is 25.7. The summed E-state index contributed by atoms with van der Waals surface area (Å²) in [4.78, 5) is 42.6. The Hall–Kier alpha value is -4.99. The molecule has 6 rings (SSSR count). The molecule has 2 amide bonds. The number of hydrogen-bond donors (Lipinski definition) is 0. The molecule has 0 N–H and O–H groups in total. The smallest absolute Gasteiger partial charge is 0.296 e. The van der Waals surface area contributed by atoms with Gasteiger partial charge in [0.1, 0.15) is 5.69 Å². The van der Waals surface area contributed by atoms with E-state index in [9.17, 15) is 14.4 Å². The van der Waals surface area contributed by atoms with Gasteiger partial charge >= 0.3 is 0 Å². The number of aromatic nitrogens is 2. The van der Waals surface area contributed by atoms with Gasteiger partial charge in [0.05, 0.1) is 11.4 Å². The highest BCUT2D eigenvalue weighted by Crippen LogP contribution is 2.35. The molecule has 2 aliphatic heterocycles. The van der Waals surface area contributed by atoms with E-state index in [0.717, 1.165) is 4.90 Å². The molecule has 37 heavy (non-hydrogen) atoms. The Balaban J connectivity index is 1.52. The number of carbonyl (C=O) groups excluding carboxylic acids is 2. The molecule has 0 spiro atoms. The monoisotopic (exact) mass is 499 g/mol. The average Bonchev–Trinajstić information content (AvgIpc) is 3.63. The first-order valence-electron chi connectivity index (χ1n) is 11.5. The van der Waals surface area contributed by atoms with Crippen LogP contribution >= 0.6 is 0 Å². The molecule has 1 aromatic heterocycles. The number of fused-ring (bicyclic) bond motifs is 2. The van der Waals surface area contributed by atoms with E-state index in [0.29, 0.717) is 34.4 Å². The van der Waals surface area contributed by atoms with Gasteiger partial charge < -0.3 is 18.9 Å². The van der Waals surface area contributed by atoms with Gasteiger partial charge in [-0.15, -0.1) is 0 Å². The molecule has 186 valence electrons. The predicted molar refractivity (Wildman–Crippen MR) is 132 cm³/mol. The molecule has 10 heteroatoms. The molecule has 0 saturated carbocycles. The lowest BCUT2D eigenvalue weighted by Gasteiger charge is -2.20. The lowest BCUT2D eigenvalue weighted by Crippen LogP contribution is -2.40. The van der Waals surface area contributed by atoms with Crippen LogP contribution in [0.2, 0.25) is 0 Å². The zero-order valence-corrected chi connectivity index (χ0v) is 20.0. The van der Waals surface area contributed by atoms with Crippen molar-refractivity contribution in [3.05, 3.63) is 93.9 Å². The molecule has 4 aromatic rings. The van der Waals surface area contributed by atoms with Gasteiger partial charge in [0.15, 0.2) is 23.0 Å². The summed E-state index contributed by atoms with van der Waals surface area (Å²) in [6, 6.07) is 18.2. The molecule has 0 aliphatic carbocycles. The summed E-state index contributed by atoms with van der Waals surface area (Å²) in [6.07, 6.45) is 0. The van der Waals surface area contributed by atoms with Crippen LogP contribution in [0, 0.1) is 6.92 Å². The molecule has 3 heterocycles. The fourth-order valence-corrected chi connectivity index (χ4v) is 4.42. The van der Waals surface area contributed by atoms with Gasteiger partial charge in [0.25, 0.3) is 17.4 Å². The first-order valence-corrected chi connectivity index (χ1v) is 11.5. The first kappa shape index (κ1) is 22.5. The van der Waals surface area contributed by atoms with Crippen LogP contribution in [0.25, 0.3) is 5.69 Å². The summed E-state index contributed by atoms with van der Waals surface area (Å²) in [5.41, 5.74) is 0.762. The zero-order valence-electron chi connectivity index (χ0n) is 20.0. The molecular formula is C27H21N3O7. The fourth-order valence-electron chi connectivity index (χ4n) is 4.42. The van der Waals surface area contributed by atoms with E-state index in [1.807, 2.05) is 6.07 Å². The summed E-state index contributed by atoms with van der Waals surface area (Å²) < 4.78 is 24.6. The number of anilines is 1. The van der Waals surface area contributed by atoms with Crippen molar-refractivity contribution in [3.8, 4) is 28.7 Å². The van der Waals surface area contributed by atoms with Crippen LogP contribution in [0.4, 0.5) is 5.69 Å². The predicted octanol–water partition coefficient (Wildman–Crippen LogP) is 3.43. The number of amides is 2. The Morgan fingerprint density at radius 2 is 1.27 bits per heavy atom. The Labute approximate surface area is 210 Å². The first-order chi connectivity index (χ1) is 17.9. The lowest BCUT2D eigenvalue weighted by atomic mass is 10.1. The van der Waals surface area contributed by atoms with Crippen molar-refractivity contribution in [3.63, 3.8) is 0 Å². The molecule has 2 aliphatic rings. The normalized spacial score (nSPS) is 13.0. The van der Waals surface area contributed by atoms with Gasteiger partial charge in [-0.25, -0.2) is 9.58 Å². The van der Waals surface area contributed by atoms with Crippen molar-refractivity contribution in [2.45, 2.75) is 6.92 Å². The van der Waals surface area contributed by atoms with Crippen LogP contribution in [0.1, 0.15) is 26.4 Å². The maximum Gasteiger partial charge on any atom is 0.296 e. The highest BCUT2D eigenvalue weighted by Gasteiger charge is 2.34. The fraction of sp³-hybridized carbons (Fsp3) is 0.148. The Morgan fingerprint density at radius 3 is 1.81 bits per heavy atom. The van der Waals surface area contributed by atoms with E-state index >= 15 is 0 Å².